The van der Waals surface area contributed by atoms with E-state index < -0.39 is 5.97 Å². The smallest absolute Gasteiger partial charge is 0.355 e. The number of rotatable bonds is 4. The number of hydrogen-bond acceptors (Lipinski definition) is 5. The number of ether oxygens (including phenoxy) is 2. The lowest BCUT2D eigenvalue weighted by Crippen LogP contribution is -2.08. The molecule has 0 N–H and O–H groups in total. The summed E-state index contributed by atoms with van der Waals surface area (Å²) in [7, 11) is 1.42. The van der Waals surface area contributed by atoms with Crippen molar-refractivity contribution in [1.29, 1.82) is 0 Å². The van der Waals surface area contributed by atoms with E-state index in [0.29, 0.717) is 22.3 Å². The maximum Gasteiger partial charge on any atom is 0.355 e. The van der Waals surface area contributed by atoms with Crippen LogP contribution in [0.25, 0.3) is 10.1 Å². The molecule has 0 aliphatic rings. The minimum absolute atomic E-state index is 0.202. The normalized spacial score (nSPS) is 10.6. The Labute approximate surface area is 151 Å². The number of fused-ring (bicyclic) bond motifs is 1. The Morgan fingerprint density at radius 1 is 1.17 bits per heavy atom. The summed E-state index contributed by atoms with van der Waals surface area (Å²) in [6.45, 7) is 0. The Hall–Kier alpha value is -2.08. The van der Waals surface area contributed by atoms with Crippen LogP contribution >= 0.6 is 34.5 Å². The number of hydrogen-bond donors (Lipinski definition) is 0. The maximum atomic E-state index is 12.5. The summed E-state index contributed by atoms with van der Waals surface area (Å²) in [4.78, 5) is 23.5. The van der Waals surface area contributed by atoms with Crippen LogP contribution in [0.2, 0.25) is 10.0 Å². The summed E-state index contributed by atoms with van der Waals surface area (Å²) in [6, 6.07) is 9.83. The number of thiophene rings is 1. The Kier molecular flexibility index (Phi) is 4.76. The van der Waals surface area contributed by atoms with E-state index in [1.54, 1.807) is 12.1 Å². The summed E-state index contributed by atoms with van der Waals surface area (Å²) < 4.78 is 11.3. The Morgan fingerprint density at radius 3 is 2.62 bits per heavy atom. The molecule has 0 bridgehead atoms. The lowest BCUT2D eigenvalue weighted by molar-refractivity contribution is 0.0735. The van der Waals surface area contributed by atoms with E-state index in [-0.39, 0.29) is 21.4 Å². The van der Waals surface area contributed by atoms with Gasteiger partial charge in [0, 0.05) is 15.6 Å². The summed E-state index contributed by atoms with van der Waals surface area (Å²) in [5.74, 6) is -0.134. The van der Waals surface area contributed by atoms with Gasteiger partial charge < -0.3 is 9.47 Å². The van der Waals surface area contributed by atoms with Crippen LogP contribution in [-0.2, 0) is 0 Å². The van der Waals surface area contributed by atoms with Crippen molar-refractivity contribution in [2.45, 2.75) is 0 Å². The molecule has 0 aliphatic heterocycles. The average molecular weight is 381 g/mol. The first kappa shape index (κ1) is 16.8. The van der Waals surface area contributed by atoms with Gasteiger partial charge in [0.2, 0.25) is 0 Å². The van der Waals surface area contributed by atoms with Crippen LogP contribution in [0.3, 0.4) is 0 Å². The molecule has 0 aliphatic carbocycles. The predicted molar refractivity (Wildman–Crippen MR) is 95.2 cm³/mol. The van der Waals surface area contributed by atoms with Crippen molar-refractivity contribution in [2.24, 2.45) is 0 Å². The second-order valence-corrected chi connectivity index (χ2v) is 6.61. The van der Waals surface area contributed by atoms with Gasteiger partial charge in [-0.1, -0.05) is 29.3 Å². The second kappa shape index (κ2) is 6.81. The van der Waals surface area contributed by atoms with Crippen molar-refractivity contribution in [3.05, 3.63) is 56.9 Å². The van der Waals surface area contributed by atoms with Crippen molar-refractivity contribution in [3.63, 3.8) is 0 Å². The third kappa shape index (κ3) is 2.98. The highest BCUT2D eigenvalue weighted by Crippen LogP contribution is 2.40. The van der Waals surface area contributed by atoms with E-state index in [0.717, 1.165) is 4.70 Å². The standard InChI is InChI=1S/C17H10Cl2O4S/c1-22-12-7-9(8-20)5-6-11(12)23-17(21)16-15(19)14-10(18)3-2-4-13(14)24-16/h2-8H,1H3. The minimum Gasteiger partial charge on any atom is -0.493 e. The van der Waals surface area contributed by atoms with Crippen LogP contribution in [0.5, 0.6) is 11.5 Å². The van der Waals surface area contributed by atoms with Crippen LogP contribution in [-0.4, -0.2) is 19.4 Å². The summed E-state index contributed by atoms with van der Waals surface area (Å²) in [6.07, 6.45) is 0.680. The number of carbonyl (C=O) groups is 2. The van der Waals surface area contributed by atoms with Gasteiger partial charge in [-0.15, -0.1) is 11.3 Å². The molecule has 1 heterocycles. The molecule has 0 amide bonds. The number of halogens is 2. The van der Waals surface area contributed by atoms with E-state index in [9.17, 15) is 9.59 Å². The average Bonchev–Trinajstić information content (AvgIpc) is 2.93. The number of aldehydes is 1. The maximum absolute atomic E-state index is 12.5. The summed E-state index contributed by atoms with van der Waals surface area (Å²) >= 11 is 13.6. The highest BCUT2D eigenvalue weighted by atomic mass is 35.5. The first-order chi connectivity index (χ1) is 11.5. The second-order valence-electron chi connectivity index (χ2n) is 4.78. The van der Waals surface area contributed by atoms with Gasteiger partial charge in [-0.25, -0.2) is 4.79 Å². The molecule has 3 rings (SSSR count). The van der Waals surface area contributed by atoms with Crippen molar-refractivity contribution in [3.8, 4) is 11.5 Å². The zero-order valence-electron chi connectivity index (χ0n) is 12.3. The third-order valence-corrected chi connectivity index (χ3v) is 5.26. The van der Waals surface area contributed by atoms with Crippen LogP contribution in [0.1, 0.15) is 20.0 Å². The molecule has 3 aromatic rings. The fourth-order valence-corrected chi connectivity index (χ4v) is 4.01. The molecule has 24 heavy (non-hydrogen) atoms. The summed E-state index contributed by atoms with van der Waals surface area (Å²) in [5.41, 5.74) is 0.415. The molecular weight excluding hydrogens is 371 g/mol. The molecule has 0 atom stereocenters. The van der Waals surface area contributed by atoms with Crippen molar-refractivity contribution in [1.82, 2.24) is 0 Å². The number of esters is 1. The van der Waals surface area contributed by atoms with Crippen LogP contribution in [0.4, 0.5) is 0 Å². The van der Waals surface area contributed by atoms with Gasteiger partial charge >= 0.3 is 5.97 Å². The molecule has 0 saturated heterocycles. The van der Waals surface area contributed by atoms with Crippen molar-refractivity contribution < 1.29 is 19.1 Å². The van der Waals surface area contributed by atoms with Gasteiger partial charge in [-0.2, -0.15) is 0 Å². The molecule has 0 spiro atoms. The van der Waals surface area contributed by atoms with Gasteiger partial charge in [0.25, 0.3) is 0 Å². The largest absolute Gasteiger partial charge is 0.493 e. The molecule has 0 saturated carbocycles. The number of benzene rings is 2. The molecule has 0 unspecified atom stereocenters. The van der Waals surface area contributed by atoms with Crippen LogP contribution in [0, 0.1) is 0 Å². The van der Waals surface area contributed by atoms with E-state index in [1.165, 1.54) is 36.6 Å². The predicted octanol–water partition coefficient (Wildman–Crippen LogP) is 5.25. The first-order valence-corrected chi connectivity index (χ1v) is 8.34. The number of methoxy groups -OCH3 is 1. The summed E-state index contributed by atoms with van der Waals surface area (Å²) in [5, 5.41) is 1.36. The third-order valence-electron chi connectivity index (χ3n) is 3.32. The highest BCUT2D eigenvalue weighted by Gasteiger charge is 2.21. The minimum atomic E-state index is -0.616. The van der Waals surface area contributed by atoms with E-state index >= 15 is 0 Å². The molecule has 4 nitrogen and oxygen atoms in total. The molecular formula is C17H10Cl2O4S. The number of carbonyl (C=O) groups excluding carboxylic acids is 2. The van der Waals surface area contributed by atoms with Gasteiger partial charge in [0.05, 0.1) is 17.2 Å². The SMILES string of the molecule is COc1cc(C=O)ccc1OC(=O)c1sc2cccc(Cl)c2c1Cl. The Morgan fingerprint density at radius 2 is 1.96 bits per heavy atom. The topological polar surface area (TPSA) is 52.6 Å². The molecule has 1 aromatic heterocycles. The Balaban J connectivity index is 1.98. The van der Waals surface area contributed by atoms with Crippen molar-refractivity contribution >= 4 is 56.9 Å². The fraction of sp³-hybridized carbons (Fsp3) is 0.0588. The molecule has 0 radical (unpaired) electrons. The van der Waals surface area contributed by atoms with E-state index in [1.807, 2.05) is 6.07 Å². The van der Waals surface area contributed by atoms with E-state index in [2.05, 4.69) is 0 Å². The molecule has 7 heteroatoms. The molecule has 122 valence electrons. The lowest BCUT2D eigenvalue weighted by Gasteiger charge is -2.09. The fourth-order valence-electron chi connectivity index (χ4n) is 2.19. The van der Waals surface area contributed by atoms with Crippen LogP contribution < -0.4 is 9.47 Å². The molecule has 0 fully saturated rings. The van der Waals surface area contributed by atoms with Gasteiger partial charge in [-0.3, -0.25) is 4.79 Å². The zero-order valence-corrected chi connectivity index (χ0v) is 14.7. The molecule has 2 aromatic carbocycles. The monoisotopic (exact) mass is 380 g/mol. The van der Waals surface area contributed by atoms with Gasteiger partial charge in [0.15, 0.2) is 11.5 Å². The zero-order chi connectivity index (χ0) is 17.3. The van der Waals surface area contributed by atoms with E-state index in [4.69, 9.17) is 32.7 Å². The Bertz CT molecular complexity index is 949. The van der Waals surface area contributed by atoms with Crippen molar-refractivity contribution in [2.75, 3.05) is 7.11 Å². The quantitative estimate of drug-likeness (QED) is 0.352. The lowest BCUT2D eigenvalue weighted by atomic mass is 10.2. The van der Waals surface area contributed by atoms with Crippen LogP contribution in [0.15, 0.2) is 36.4 Å². The van der Waals surface area contributed by atoms with Gasteiger partial charge in [-0.05, 0) is 30.3 Å². The van der Waals surface area contributed by atoms with Gasteiger partial charge in [0.1, 0.15) is 11.2 Å². The first-order valence-electron chi connectivity index (χ1n) is 6.77. The highest BCUT2D eigenvalue weighted by molar-refractivity contribution is 7.21.